The van der Waals surface area contributed by atoms with Gasteiger partial charge in [-0.15, -0.1) is 0 Å². The highest BCUT2D eigenvalue weighted by Gasteiger charge is 2.35. The summed E-state index contributed by atoms with van der Waals surface area (Å²) < 4.78 is 40.4. The lowest BCUT2D eigenvalue weighted by Gasteiger charge is -2.22. The number of hydrogen-bond acceptors (Lipinski definition) is 5. The van der Waals surface area contributed by atoms with Gasteiger partial charge in [-0.1, -0.05) is 48.5 Å². The number of rotatable bonds is 5. The minimum atomic E-state index is -4.52. The zero-order valence-corrected chi connectivity index (χ0v) is 20.4. The van der Waals surface area contributed by atoms with Gasteiger partial charge in [-0.05, 0) is 25.0 Å². The number of halogens is 3. The third kappa shape index (κ3) is 4.72. The molecule has 2 aromatic heterocycles. The molecule has 0 aliphatic carbocycles. The average molecular weight is 508 g/mol. The van der Waals surface area contributed by atoms with Gasteiger partial charge in [0.05, 0.1) is 18.6 Å². The Bertz CT molecular complexity index is 1490. The quantitative estimate of drug-likeness (QED) is 0.416. The highest BCUT2D eigenvalue weighted by Crippen LogP contribution is 2.34. The first-order valence-corrected chi connectivity index (χ1v) is 11.6. The van der Waals surface area contributed by atoms with Crippen LogP contribution in [0, 0.1) is 0 Å². The van der Waals surface area contributed by atoms with E-state index in [9.17, 15) is 23.1 Å². The summed E-state index contributed by atoms with van der Waals surface area (Å²) in [4.78, 5) is 27.3. The highest BCUT2D eigenvalue weighted by atomic mass is 19.4. The fourth-order valence-electron chi connectivity index (χ4n) is 4.45. The van der Waals surface area contributed by atoms with E-state index in [1.165, 1.54) is 11.6 Å². The van der Waals surface area contributed by atoms with E-state index >= 15 is 0 Å². The maximum absolute atomic E-state index is 13.0. The summed E-state index contributed by atoms with van der Waals surface area (Å²) in [7, 11) is 1.51. The van der Waals surface area contributed by atoms with Crippen LogP contribution in [0.5, 0.6) is 0 Å². The molecule has 0 saturated carbocycles. The predicted molar refractivity (Wildman–Crippen MR) is 131 cm³/mol. The van der Waals surface area contributed by atoms with E-state index in [-0.39, 0.29) is 24.7 Å². The molecule has 5 rings (SSSR count). The molecule has 37 heavy (non-hydrogen) atoms. The van der Waals surface area contributed by atoms with Crippen molar-refractivity contribution in [3.05, 3.63) is 83.3 Å². The molecule has 0 bridgehead atoms. The number of alkyl halides is 3. The fraction of sp³-hybridized carbons (Fsp3) is 0.259. The van der Waals surface area contributed by atoms with Gasteiger partial charge in [-0.25, -0.2) is 15.0 Å². The molecule has 1 aliphatic heterocycles. The van der Waals surface area contributed by atoms with Gasteiger partial charge in [0.1, 0.15) is 11.6 Å². The second-order valence-electron chi connectivity index (χ2n) is 9.56. The molecule has 1 amide bonds. The van der Waals surface area contributed by atoms with E-state index < -0.39 is 17.5 Å². The number of aromatic nitrogens is 4. The van der Waals surface area contributed by atoms with Crippen molar-refractivity contribution in [2.24, 2.45) is 7.05 Å². The van der Waals surface area contributed by atoms with Crippen LogP contribution in [0.1, 0.15) is 36.2 Å². The number of hydrogen-bond donors (Lipinski definition) is 1. The standard InChI is InChI=1S/C27H24F3N5O2/c1-26(2,37)20-7-5-4-6-19(20)23-31-13-18-12-22(36)35(25(18)33-23)14-16-8-10-17(11-9-16)24-32-21(15-34(24)3)27(28,29)30/h4-11,13,15,37H,12,14H2,1-3H3. The van der Waals surface area contributed by atoms with Crippen LogP contribution in [0.4, 0.5) is 19.0 Å². The predicted octanol–water partition coefficient (Wildman–Crippen LogP) is 4.88. The number of imidazole rings is 1. The van der Waals surface area contributed by atoms with Crippen molar-refractivity contribution in [2.75, 3.05) is 4.90 Å². The van der Waals surface area contributed by atoms with E-state index in [4.69, 9.17) is 4.98 Å². The Morgan fingerprint density at radius 3 is 2.38 bits per heavy atom. The van der Waals surface area contributed by atoms with Crippen molar-refractivity contribution in [1.29, 1.82) is 0 Å². The molecule has 0 fully saturated rings. The lowest BCUT2D eigenvalue weighted by atomic mass is 9.93. The first kappa shape index (κ1) is 24.6. The van der Waals surface area contributed by atoms with Crippen molar-refractivity contribution in [1.82, 2.24) is 19.5 Å². The van der Waals surface area contributed by atoms with Crippen molar-refractivity contribution in [3.63, 3.8) is 0 Å². The maximum Gasteiger partial charge on any atom is 0.434 e. The lowest BCUT2D eigenvalue weighted by molar-refractivity contribution is -0.140. The molecule has 0 atom stereocenters. The van der Waals surface area contributed by atoms with Crippen LogP contribution in [-0.4, -0.2) is 30.5 Å². The van der Waals surface area contributed by atoms with Crippen LogP contribution in [-0.2, 0) is 36.6 Å². The van der Waals surface area contributed by atoms with E-state index in [2.05, 4.69) is 9.97 Å². The summed E-state index contributed by atoms with van der Waals surface area (Å²) in [5.41, 5.74) is 1.31. The van der Waals surface area contributed by atoms with Crippen molar-refractivity contribution < 1.29 is 23.1 Å². The molecule has 7 nitrogen and oxygen atoms in total. The average Bonchev–Trinajstić information content (AvgIpc) is 3.38. The molecule has 3 heterocycles. The highest BCUT2D eigenvalue weighted by molar-refractivity contribution is 6.00. The van der Waals surface area contributed by atoms with Crippen molar-refractivity contribution in [2.45, 2.75) is 38.6 Å². The van der Waals surface area contributed by atoms with Gasteiger partial charge >= 0.3 is 6.18 Å². The SMILES string of the molecule is Cn1cc(C(F)(F)F)nc1-c1ccc(CN2C(=O)Cc3cnc(-c4ccccc4C(C)(C)O)nc32)cc1. The fourth-order valence-corrected chi connectivity index (χ4v) is 4.45. The van der Waals surface area contributed by atoms with E-state index in [1.54, 1.807) is 49.2 Å². The Kier molecular flexibility index (Phi) is 5.86. The van der Waals surface area contributed by atoms with Crippen molar-refractivity contribution in [3.8, 4) is 22.8 Å². The normalized spacial score (nSPS) is 13.8. The minimum Gasteiger partial charge on any atom is -0.386 e. The van der Waals surface area contributed by atoms with Crippen LogP contribution in [0.3, 0.4) is 0 Å². The third-order valence-electron chi connectivity index (χ3n) is 6.29. The molecule has 190 valence electrons. The number of carbonyl (C=O) groups is 1. The topological polar surface area (TPSA) is 84.1 Å². The lowest BCUT2D eigenvalue weighted by Crippen LogP contribution is -2.26. The van der Waals surface area contributed by atoms with Crippen LogP contribution < -0.4 is 4.90 Å². The van der Waals surface area contributed by atoms with Crippen LogP contribution in [0.2, 0.25) is 0 Å². The van der Waals surface area contributed by atoms with Gasteiger partial charge in [0.2, 0.25) is 5.91 Å². The van der Waals surface area contributed by atoms with Crippen LogP contribution in [0.15, 0.2) is 60.9 Å². The zero-order valence-electron chi connectivity index (χ0n) is 20.4. The summed E-state index contributed by atoms with van der Waals surface area (Å²) in [6, 6.07) is 14.2. The molecule has 0 radical (unpaired) electrons. The Morgan fingerprint density at radius 1 is 1.03 bits per heavy atom. The molecule has 0 saturated heterocycles. The number of anilines is 1. The minimum absolute atomic E-state index is 0.125. The van der Waals surface area contributed by atoms with Gasteiger partial charge in [-0.3, -0.25) is 9.69 Å². The number of aliphatic hydroxyl groups is 1. The molecule has 0 spiro atoms. The summed E-state index contributed by atoms with van der Waals surface area (Å²) in [6.45, 7) is 3.62. The largest absolute Gasteiger partial charge is 0.434 e. The van der Waals surface area contributed by atoms with E-state index in [1.807, 2.05) is 24.3 Å². The Balaban J connectivity index is 1.43. The van der Waals surface area contributed by atoms with Gasteiger partial charge in [0.25, 0.3) is 0 Å². The molecule has 0 unspecified atom stereocenters. The Labute approximate surface area is 211 Å². The number of benzene rings is 2. The number of aryl methyl sites for hydroxylation is 1. The Hall–Kier alpha value is -4.05. The monoisotopic (exact) mass is 507 g/mol. The number of nitrogens with zero attached hydrogens (tertiary/aromatic N) is 5. The third-order valence-corrected chi connectivity index (χ3v) is 6.29. The second-order valence-corrected chi connectivity index (χ2v) is 9.56. The summed E-state index contributed by atoms with van der Waals surface area (Å²) in [6.07, 6.45) is -1.75. The van der Waals surface area contributed by atoms with Gasteiger partial charge < -0.3 is 9.67 Å². The second kappa shape index (κ2) is 8.81. The summed E-state index contributed by atoms with van der Waals surface area (Å²) >= 11 is 0. The van der Waals surface area contributed by atoms with Crippen LogP contribution in [0.25, 0.3) is 22.8 Å². The molecular weight excluding hydrogens is 483 g/mol. The Morgan fingerprint density at radius 2 is 1.73 bits per heavy atom. The van der Waals surface area contributed by atoms with Gasteiger partial charge in [0.15, 0.2) is 11.5 Å². The number of fused-ring (bicyclic) bond motifs is 1. The molecule has 10 heteroatoms. The summed E-state index contributed by atoms with van der Waals surface area (Å²) in [5.74, 6) is 0.981. The molecular formula is C27H24F3N5O2. The summed E-state index contributed by atoms with van der Waals surface area (Å²) in [5, 5.41) is 10.6. The number of carbonyl (C=O) groups excluding carboxylic acids is 1. The zero-order chi connectivity index (χ0) is 26.5. The van der Waals surface area contributed by atoms with Crippen molar-refractivity contribution >= 4 is 11.7 Å². The van der Waals surface area contributed by atoms with E-state index in [0.29, 0.717) is 33.9 Å². The maximum atomic E-state index is 13.0. The molecule has 1 N–H and O–H groups in total. The molecule has 1 aliphatic rings. The van der Waals surface area contributed by atoms with Gasteiger partial charge in [0, 0.05) is 36.1 Å². The number of amides is 1. The van der Waals surface area contributed by atoms with Crippen LogP contribution >= 0.6 is 0 Å². The van der Waals surface area contributed by atoms with E-state index in [0.717, 1.165) is 11.8 Å². The molecule has 4 aromatic rings. The first-order chi connectivity index (χ1) is 17.4. The smallest absolute Gasteiger partial charge is 0.386 e. The van der Waals surface area contributed by atoms with Gasteiger partial charge in [-0.2, -0.15) is 13.2 Å². The first-order valence-electron chi connectivity index (χ1n) is 11.6. The molecule has 2 aromatic carbocycles.